The number of carbonyl (C=O) groups excluding carboxylic acids is 2. The Kier molecular flexibility index (Phi) is 5.08. The van der Waals surface area contributed by atoms with Crippen LogP contribution in [0, 0.1) is 0 Å². The molecule has 3 rings (SSSR count). The molecule has 0 saturated carbocycles. The van der Waals surface area contributed by atoms with E-state index in [0.717, 1.165) is 0 Å². The summed E-state index contributed by atoms with van der Waals surface area (Å²) in [5, 5.41) is 2.88. The van der Waals surface area contributed by atoms with E-state index >= 15 is 0 Å². The van der Waals surface area contributed by atoms with Gasteiger partial charge in [-0.3, -0.25) is 9.59 Å². The molecule has 1 N–H and O–H groups in total. The smallest absolute Gasteiger partial charge is 0.258 e. The number of benzene rings is 1. The summed E-state index contributed by atoms with van der Waals surface area (Å²) in [7, 11) is 0. The fourth-order valence-electron chi connectivity index (χ4n) is 2.40. The molecule has 1 aliphatic rings. The van der Waals surface area contributed by atoms with E-state index in [1.54, 1.807) is 41.3 Å². The molecule has 0 unspecified atom stereocenters. The maximum absolute atomic E-state index is 12.4. The lowest BCUT2D eigenvalue weighted by molar-refractivity contribution is 0.0303. The van der Waals surface area contributed by atoms with E-state index < -0.39 is 0 Å². The molecule has 124 valence electrons. The Labute approximate surface area is 144 Å². The molecule has 0 spiro atoms. The highest BCUT2D eigenvalue weighted by Crippen LogP contribution is 2.16. The number of carbonyl (C=O) groups is 2. The molecule has 1 fully saturated rings. The van der Waals surface area contributed by atoms with E-state index in [1.807, 2.05) is 0 Å². The quantitative estimate of drug-likeness (QED) is 0.867. The molecule has 6 nitrogen and oxygen atoms in total. The van der Waals surface area contributed by atoms with Crippen LogP contribution in [0.15, 0.2) is 42.6 Å². The summed E-state index contributed by atoms with van der Waals surface area (Å²) in [5.74, 6) is -0.383. The molecule has 2 heterocycles. The molecule has 1 aliphatic heterocycles. The van der Waals surface area contributed by atoms with Gasteiger partial charge in [0.25, 0.3) is 11.8 Å². The van der Waals surface area contributed by atoms with E-state index in [2.05, 4.69) is 10.3 Å². The average molecular weight is 346 g/mol. The predicted octanol–water partition coefficient (Wildman–Crippen LogP) is 2.46. The van der Waals surface area contributed by atoms with Crippen molar-refractivity contribution in [1.82, 2.24) is 9.88 Å². The highest BCUT2D eigenvalue weighted by atomic mass is 35.5. The fraction of sp³-hybridized carbons (Fsp3) is 0.235. The summed E-state index contributed by atoms with van der Waals surface area (Å²) in [6.45, 7) is 2.31. The van der Waals surface area contributed by atoms with E-state index in [0.29, 0.717) is 43.1 Å². The van der Waals surface area contributed by atoms with Crippen LogP contribution in [0.5, 0.6) is 0 Å². The Balaban J connectivity index is 1.67. The summed E-state index contributed by atoms with van der Waals surface area (Å²) < 4.78 is 5.24. The first-order valence-electron chi connectivity index (χ1n) is 7.54. The number of nitrogens with one attached hydrogen (secondary N) is 1. The number of hydrogen-bond acceptors (Lipinski definition) is 4. The lowest BCUT2D eigenvalue weighted by Crippen LogP contribution is -2.40. The van der Waals surface area contributed by atoms with Gasteiger partial charge in [-0.05, 0) is 36.4 Å². The van der Waals surface area contributed by atoms with Gasteiger partial charge in [0.05, 0.1) is 18.8 Å². The molecule has 2 amide bonds. The van der Waals surface area contributed by atoms with Crippen LogP contribution in [-0.2, 0) is 4.74 Å². The van der Waals surface area contributed by atoms with Gasteiger partial charge in [0.1, 0.15) is 5.15 Å². The van der Waals surface area contributed by atoms with E-state index in [9.17, 15) is 9.59 Å². The lowest BCUT2D eigenvalue weighted by Gasteiger charge is -2.26. The number of rotatable bonds is 3. The number of hydrogen-bond donors (Lipinski definition) is 1. The van der Waals surface area contributed by atoms with Crippen molar-refractivity contribution in [3.05, 3.63) is 58.9 Å². The maximum Gasteiger partial charge on any atom is 0.258 e. The minimum absolute atomic E-state index is 0.0357. The summed E-state index contributed by atoms with van der Waals surface area (Å²) in [6.07, 6.45) is 1.52. The van der Waals surface area contributed by atoms with Crippen LogP contribution in [0.1, 0.15) is 20.7 Å². The first-order valence-corrected chi connectivity index (χ1v) is 7.92. The van der Waals surface area contributed by atoms with Crippen molar-refractivity contribution < 1.29 is 14.3 Å². The third kappa shape index (κ3) is 3.72. The maximum atomic E-state index is 12.4. The predicted molar refractivity (Wildman–Crippen MR) is 90.4 cm³/mol. The van der Waals surface area contributed by atoms with Crippen molar-refractivity contribution in [3.8, 4) is 0 Å². The Morgan fingerprint density at radius 2 is 1.83 bits per heavy atom. The van der Waals surface area contributed by atoms with Crippen LogP contribution < -0.4 is 5.32 Å². The van der Waals surface area contributed by atoms with Crippen LogP contribution >= 0.6 is 11.6 Å². The number of amides is 2. The number of nitrogens with zero attached hydrogens (tertiary/aromatic N) is 2. The normalized spacial score (nSPS) is 14.3. The van der Waals surface area contributed by atoms with Crippen molar-refractivity contribution in [1.29, 1.82) is 0 Å². The Morgan fingerprint density at radius 1 is 1.12 bits per heavy atom. The Bertz CT molecular complexity index is 743. The number of anilines is 1. The monoisotopic (exact) mass is 345 g/mol. The minimum atomic E-state index is -0.347. The van der Waals surface area contributed by atoms with Gasteiger partial charge >= 0.3 is 0 Å². The molecule has 0 aliphatic carbocycles. The summed E-state index contributed by atoms with van der Waals surface area (Å²) in [5.41, 5.74) is 1.46. The van der Waals surface area contributed by atoms with Crippen LogP contribution in [0.4, 0.5) is 5.69 Å². The van der Waals surface area contributed by atoms with E-state index in [1.165, 1.54) is 6.20 Å². The molecular weight excluding hydrogens is 330 g/mol. The number of ether oxygens (including phenoxy) is 1. The van der Waals surface area contributed by atoms with Crippen molar-refractivity contribution in [3.63, 3.8) is 0 Å². The van der Waals surface area contributed by atoms with Gasteiger partial charge in [0, 0.05) is 30.5 Å². The van der Waals surface area contributed by atoms with Crippen LogP contribution in [0.3, 0.4) is 0 Å². The first kappa shape index (κ1) is 16.4. The van der Waals surface area contributed by atoms with Gasteiger partial charge in [-0.25, -0.2) is 4.98 Å². The second kappa shape index (κ2) is 7.42. The molecular formula is C17H16ClN3O3. The van der Waals surface area contributed by atoms with Crippen molar-refractivity contribution in [2.75, 3.05) is 31.6 Å². The summed E-state index contributed by atoms with van der Waals surface area (Å²) in [4.78, 5) is 30.2. The third-order valence-corrected chi connectivity index (χ3v) is 3.99. The largest absolute Gasteiger partial charge is 0.378 e. The van der Waals surface area contributed by atoms with Gasteiger partial charge in [-0.1, -0.05) is 11.6 Å². The van der Waals surface area contributed by atoms with E-state index in [-0.39, 0.29) is 17.0 Å². The zero-order valence-corrected chi connectivity index (χ0v) is 13.6. The zero-order chi connectivity index (χ0) is 16.9. The molecule has 1 saturated heterocycles. The third-order valence-electron chi connectivity index (χ3n) is 3.69. The lowest BCUT2D eigenvalue weighted by atomic mass is 10.1. The molecule has 1 aromatic heterocycles. The topological polar surface area (TPSA) is 71.5 Å². The van der Waals surface area contributed by atoms with E-state index in [4.69, 9.17) is 16.3 Å². The van der Waals surface area contributed by atoms with Crippen LogP contribution in [0.25, 0.3) is 0 Å². The number of halogens is 1. The first-order chi connectivity index (χ1) is 11.6. The summed E-state index contributed by atoms with van der Waals surface area (Å²) in [6, 6.07) is 10.0. The van der Waals surface area contributed by atoms with Crippen LogP contribution in [0.2, 0.25) is 5.15 Å². The molecule has 7 heteroatoms. The van der Waals surface area contributed by atoms with Crippen molar-refractivity contribution >= 4 is 29.1 Å². The van der Waals surface area contributed by atoms with Gasteiger partial charge in [0.15, 0.2) is 0 Å². The minimum Gasteiger partial charge on any atom is -0.378 e. The van der Waals surface area contributed by atoms with Gasteiger partial charge in [0.2, 0.25) is 0 Å². The highest BCUT2D eigenvalue weighted by Gasteiger charge is 2.18. The zero-order valence-electron chi connectivity index (χ0n) is 12.9. The second-order valence-electron chi connectivity index (χ2n) is 5.28. The fourth-order valence-corrected chi connectivity index (χ4v) is 2.60. The van der Waals surface area contributed by atoms with Crippen molar-refractivity contribution in [2.45, 2.75) is 0 Å². The standard InChI is InChI=1S/C17H16ClN3O3/c18-15-14(2-1-7-19-15)16(22)20-13-5-3-12(4-6-13)17(23)21-8-10-24-11-9-21/h1-7H,8-11H2,(H,20,22). The highest BCUT2D eigenvalue weighted by molar-refractivity contribution is 6.33. The molecule has 0 radical (unpaired) electrons. The average Bonchev–Trinajstić information content (AvgIpc) is 2.63. The molecule has 1 aromatic carbocycles. The number of pyridine rings is 1. The van der Waals surface area contributed by atoms with Gasteiger partial charge in [-0.15, -0.1) is 0 Å². The second-order valence-corrected chi connectivity index (χ2v) is 5.64. The number of aromatic nitrogens is 1. The number of morpholine rings is 1. The molecule has 0 bridgehead atoms. The Morgan fingerprint density at radius 3 is 2.50 bits per heavy atom. The van der Waals surface area contributed by atoms with Gasteiger partial charge in [-0.2, -0.15) is 0 Å². The van der Waals surface area contributed by atoms with Gasteiger partial charge < -0.3 is 15.0 Å². The molecule has 24 heavy (non-hydrogen) atoms. The summed E-state index contributed by atoms with van der Waals surface area (Å²) >= 11 is 5.91. The Hall–Kier alpha value is -2.44. The molecule has 0 atom stereocenters. The van der Waals surface area contributed by atoms with Crippen molar-refractivity contribution in [2.24, 2.45) is 0 Å². The SMILES string of the molecule is O=C(Nc1ccc(C(=O)N2CCOCC2)cc1)c1cccnc1Cl. The van der Waals surface area contributed by atoms with Crippen LogP contribution in [-0.4, -0.2) is 48.0 Å². The molecule has 2 aromatic rings.